The number of halogens is 1. The van der Waals surface area contributed by atoms with E-state index in [1.807, 2.05) is 38.1 Å². The Balaban J connectivity index is 0.000000583. The summed E-state index contributed by atoms with van der Waals surface area (Å²) >= 11 is 5.81. The van der Waals surface area contributed by atoms with Crippen LogP contribution >= 0.6 is 11.6 Å². The fourth-order valence-corrected chi connectivity index (χ4v) is 1.15. The molecule has 0 unspecified atom stereocenters. The number of hydrogen-bond acceptors (Lipinski definition) is 0. The lowest BCUT2D eigenvalue weighted by atomic mass is 10.1. The van der Waals surface area contributed by atoms with E-state index in [0.29, 0.717) is 0 Å². The molecule has 0 saturated heterocycles. The van der Waals surface area contributed by atoms with Crippen LogP contribution < -0.4 is 0 Å². The van der Waals surface area contributed by atoms with E-state index in [1.165, 1.54) is 5.56 Å². The molecular weight excluding hydrogens is 204 g/mol. The minimum atomic E-state index is 0.783. The van der Waals surface area contributed by atoms with Crippen molar-refractivity contribution in [2.45, 2.75) is 26.7 Å². The van der Waals surface area contributed by atoms with Crippen molar-refractivity contribution < 1.29 is 0 Å². The Kier molecular flexibility index (Phi) is 8.63. The summed E-state index contributed by atoms with van der Waals surface area (Å²) in [7, 11) is 0. The predicted octanol–water partition coefficient (Wildman–Crippen LogP) is 4.49. The van der Waals surface area contributed by atoms with Gasteiger partial charge in [-0.1, -0.05) is 42.7 Å². The third-order valence-electron chi connectivity index (χ3n) is 1.48. The van der Waals surface area contributed by atoms with Gasteiger partial charge in [-0.25, -0.2) is 0 Å². The fourth-order valence-electron chi connectivity index (χ4n) is 0.936. The van der Waals surface area contributed by atoms with E-state index >= 15 is 0 Å². The van der Waals surface area contributed by atoms with Crippen LogP contribution in [0.2, 0.25) is 5.02 Å². The standard InChI is InChI=1S/C11H11Cl.C3H6/c1-2-3-4-6-10-7-5-8-11(12)9-10;1-3-2/h5,7-9H,2,6H2,1H3;3H,1H2,2H3. The van der Waals surface area contributed by atoms with Crippen LogP contribution in [0.25, 0.3) is 0 Å². The van der Waals surface area contributed by atoms with Crippen LogP contribution in [0.1, 0.15) is 25.8 Å². The lowest BCUT2D eigenvalue weighted by Crippen LogP contribution is -1.79. The van der Waals surface area contributed by atoms with Gasteiger partial charge in [0.2, 0.25) is 0 Å². The second-order valence-corrected chi connectivity index (χ2v) is 3.36. The molecule has 0 nitrogen and oxygen atoms in total. The van der Waals surface area contributed by atoms with Crippen molar-refractivity contribution in [3.8, 4) is 11.8 Å². The summed E-state index contributed by atoms with van der Waals surface area (Å²) in [6, 6.07) is 7.81. The summed E-state index contributed by atoms with van der Waals surface area (Å²) in [5.41, 5.74) is 1.18. The summed E-state index contributed by atoms with van der Waals surface area (Å²) in [6.45, 7) is 7.30. The maximum absolute atomic E-state index is 5.81. The highest BCUT2D eigenvalue weighted by Crippen LogP contribution is 2.10. The molecule has 0 atom stereocenters. The third kappa shape index (κ3) is 7.85. The van der Waals surface area contributed by atoms with Crippen molar-refractivity contribution in [2.75, 3.05) is 0 Å². The molecule has 15 heavy (non-hydrogen) atoms. The molecule has 0 fully saturated rings. The molecule has 1 aromatic rings. The number of allylic oxidation sites excluding steroid dienone is 1. The van der Waals surface area contributed by atoms with Gasteiger partial charge < -0.3 is 0 Å². The zero-order chi connectivity index (χ0) is 11.5. The molecule has 0 radical (unpaired) electrons. The first-order valence-corrected chi connectivity index (χ1v) is 5.39. The maximum Gasteiger partial charge on any atom is 0.0409 e. The van der Waals surface area contributed by atoms with Crippen LogP contribution in [-0.4, -0.2) is 0 Å². The third-order valence-corrected chi connectivity index (χ3v) is 1.72. The van der Waals surface area contributed by atoms with Gasteiger partial charge in [-0.2, -0.15) is 0 Å². The van der Waals surface area contributed by atoms with Crippen LogP contribution in [0.3, 0.4) is 0 Å². The van der Waals surface area contributed by atoms with E-state index in [2.05, 4.69) is 18.4 Å². The SMILES string of the molecule is C=CC.CCC#CCc1cccc(Cl)c1. The summed E-state index contributed by atoms with van der Waals surface area (Å²) in [5, 5.41) is 0.783. The monoisotopic (exact) mass is 220 g/mol. The highest BCUT2D eigenvalue weighted by molar-refractivity contribution is 6.30. The summed E-state index contributed by atoms with van der Waals surface area (Å²) in [6.07, 6.45) is 3.47. The first-order chi connectivity index (χ1) is 7.24. The smallest absolute Gasteiger partial charge is 0.0409 e. The van der Waals surface area contributed by atoms with Crippen LogP contribution in [0.5, 0.6) is 0 Å². The number of hydrogen-bond donors (Lipinski definition) is 0. The Labute approximate surface area is 98.0 Å². The molecule has 0 spiro atoms. The largest absolute Gasteiger partial charge is 0.103 e. The molecular formula is C14H17Cl. The average Bonchev–Trinajstić information content (AvgIpc) is 2.19. The molecule has 0 aliphatic carbocycles. The second-order valence-electron chi connectivity index (χ2n) is 2.92. The van der Waals surface area contributed by atoms with Gasteiger partial charge in [0.1, 0.15) is 0 Å². The summed E-state index contributed by atoms with van der Waals surface area (Å²) < 4.78 is 0. The highest BCUT2D eigenvalue weighted by atomic mass is 35.5. The van der Waals surface area contributed by atoms with Gasteiger partial charge in [0.25, 0.3) is 0 Å². The van der Waals surface area contributed by atoms with Gasteiger partial charge in [0.05, 0.1) is 0 Å². The molecule has 0 aliphatic rings. The molecule has 0 amide bonds. The number of rotatable bonds is 1. The van der Waals surface area contributed by atoms with Crippen LogP contribution in [0.15, 0.2) is 36.9 Å². The van der Waals surface area contributed by atoms with Gasteiger partial charge in [0.15, 0.2) is 0 Å². The van der Waals surface area contributed by atoms with E-state index < -0.39 is 0 Å². The minimum Gasteiger partial charge on any atom is -0.103 e. The van der Waals surface area contributed by atoms with E-state index in [9.17, 15) is 0 Å². The molecule has 0 aromatic heterocycles. The van der Waals surface area contributed by atoms with Crippen molar-refractivity contribution in [1.29, 1.82) is 0 Å². The summed E-state index contributed by atoms with van der Waals surface area (Å²) in [4.78, 5) is 0. The molecule has 1 rings (SSSR count). The minimum absolute atomic E-state index is 0.783. The van der Waals surface area contributed by atoms with Crippen LogP contribution in [0, 0.1) is 11.8 Å². The van der Waals surface area contributed by atoms with E-state index in [0.717, 1.165) is 17.9 Å². The predicted molar refractivity (Wildman–Crippen MR) is 69.1 cm³/mol. The average molecular weight is 221 g/mol. The van der Waals surface area contributed by atoms with Crippen molar-refractivity contribution in [1.82, 2.24) is 0 Å². The van der Waals surface area contributed by atoms with Crippen molar-refractivity contribution in [3.63, 3.8) is 0 Å². The van der Waals surface area contributed by atoms with Gasteiger partial charge in [-0.15, -0.1) is 12.5 Å². The zero-order valence-corrected chi connectivity index (χ0v) is 10.1. The summed E-state index contributed by atoms with van der Waals surface area (Å²) in [5.74, 6) is 6.09. The topological polar surface area (TPSA) is 0 Å². The molecule has 80 valence electrons. The normalized spacial score (nSPS) is 7.93. The van der Waals surface area contributed by atoms with Gasteiger partial charge in [0, 0.05) is 17.9 Å². The highest BCUT2D eigenvalue weighted by Gasteiger charge is 1.89. The molecule has 0 N–H and O–H groups in total. The van der Waals surface area contributed by atoms with Crippen LogP contribution in [-0.2, 0) is 6.42 Å². The Morgan fingerprint density at radius 1 is 1.40 bits per heavy atom. The Morgan fingerprint density at radius 3 is 2.60 bits per heavy atom. The quantitative estimate of drug-likeness (QED) is 0.483. The molecule has 0 bridgehead atoms. The molecule has 0 aliphatic heterocycles. The Bertz CT molecular complexity index is 342. The molecule has 0 heterocycles. The molecule has 1 heteroatoms. The molecule has 0 saturated carbocycles. The van der Waals surface area contributed by atoms with Gasteiger partial charge in [-0.3, -0.25) is 0 Å². The van der Waals surface area contributed by atoms with Crippen molar-refractivity contribution in [2.24, 2.45) is 0 Å². The van der Waals surface area contributed by atoms with Gasteiger partial charge >= 0.3 is 0 Å². The van der Waals surface area contributed by atoms with Crippen LogP contribution in [0.4, 0.5) is 0 Å². The second kappa shape index (κ2) is 9.37. The maximum atomic E-state index is 5.81. The lowest BCUT2D eigenvalue weighted by Gasteiger charge is -1.94. The molecule has 1 aromatic carbocycles. The number of benzene rings is 1. The van der Waals surface area contributed by atoms with Crippen molar-refractivity contribution >= 4 is 11.6 Å². The Hall–Kier alpha value is -1.19. The van der Waals surface area contributed by atoms with E-state index in [1.54, 1.807) is 6.08 Å². The Morgan fingerprint density at radius 2 is 2.07 bits per heavy atom. The van der Waals surface area contributed by atoms with Crippen molar-refractivity contribution in [3.05, 3.63) is 47.5 Å². The fraction of sp³-hybridized carbons (Fsp3) is 0.286. The first kappa shape index (κ1) is 13.8. The lowest BCUT2D eigenvalue weighted by molar-refractivity contribution is 1.25. The van der Waals surface area contributed by atoms with E-state index in [4.69, 9.17) is 11.6 Å². The van der Waals surface area contributed by atoms with Gasteiger partial charge in [-0.05, 0) is 24.6 Å². The zero-order valence-electron chi connectivity index (χ0n) is 9.39. The first-order valence-electron chi connectivity index (χ1n) is 5.01. The van der Waals surface area contributed by atoms with E-state index in [-0.39, 0.29) is 0 Å².